The average Bonchev–Trinajstić information content (AvgIpc) is 3.41. The topological polar surface area (TPSA) is 42.8 Å². The van der Waals surface area contributed by atoms with Gasteiger partial charge < -0.3 is 14.4 Å². The van der Waals surface area contributed by atoms with E-state index in [0.717, 1.165) is 56.3 Å². The van der Waals surface area contributed by atoms with Gasteiger partial charge in [-0.3, -0.25) is 9.58 Å². The number of nitrogens with zero attached hydrogens (tertiary/aromatic N) is 4. The zero-order chi connectivity index (χ0) is 20.2. The van der Waals surface area contributed by atoms with Gasteiger partial charge in [0.15, 0.2) is 0 Å². The van der Waals surface area contributed by atoms with Crippen molar-refractivity contribution in [2.45, 2.75) is 6.42 Å². The van der Waals surface area contributed by atoms with Crippen molar-refractivity contribution in [3.8, 4) is 22.1 Å². The summed E-state index contributed by atoms with van der Waals surface area (Å²) in [4.78, 5) is 6.23. The molecule has 2 aromatic heterocycles. The minimum Gasteiger partial charge on any atom is -0.497 e. The van der Waals surface area contributed by atoms with Gasteiger partial charge in [0.2, 0.25) is 0 Å². The molecule has 4 rings (SSSR count). The Balaban J connectivity index is 1.36. The molecule has 154 valence electrons. The van der Waals surface area contributed by atoms with Gasteiger partial charge >= 0.3 is 0 Å². The fourth-order valence-corrected chi connectivity index (χ4v) is 4.77. The molecular weight excluding hydrogens is 384 g/mol. The smallest absolute Gasteiger partial charge is 0.145 e. The van der Waals surface area contributed by atoms with Crippen molar-refractivity contribution in [1.82, 2.24) is 14.7 Å². The number of hydrogen-bond acceptors (Lipinski definition) is 6. The maximum absolute atomic E-state index is 5.58. The first kappa shape index (κ1) is 19.8. The molecule has 0 atom stereocenters. The second-order valence-corrected chi connectivity index (χ2v) is 8.18. The molecule has 7 heteroatoms. The molecule has 6 nitrogen and oxygen atoms in total. The molecule has 3 aromatic rings. The Morgan fingerprint density at radius 2 is 1.90 bits per heavy atom. The highest BCUT2D eigenvalue weighted by atomic mass is 32.1. The minimum absolute atomic E-state index is 0.822. The van der Waals surface area contributed by atoms with Gasteiger partial charge in [0.05, 0.1) is 36.7 Å². The van der Waals surface area contributed by atoms with Crippen LogP contribution in [-0.2, 0) is 13.5 Å². The Hall–Kier alpha value is -2.51. The van der Waals surface area contributed by atoms with Crippen LogP contribution in [0.5, 0.6) is 11.5 Å². The molecule has 0 spiro atoms. The molecule has 0 unspecified atom stereocenters. The lowest BCUT2D eigenvalue weighted by molar-refractivity contribution is 0.260. The summed E-state index contributed by atoms with van der Waals surface area (Å²) in [5.41, 5.74) is 3.72. The molecule has 1 saturated heterocycles. The molecule has 29 heavy (non-hydrogen) atoms. The van der Waals surface area contributed by atoms with E-state index >= 15 is 0 Å². The lowest BCUT2D eigenvalue weighted by Gasteiger charge is -2.36. The fourth-order valence-electron chi connectivity index (χ4n) is 3.93. The summed E-state index contributed by atoms with van der Waals surface area (Å²) in [6.45, 7) is 5.13. The van der Waals surface area contributed by atoms with Crippen LogP contribution in [0, 0.1) is 0 Å². The van der Waals surface area contributed by atoms with E-state index in [-0.39, 0.29) is 0 Å². The van der Waals surface area contributed by atoms with E-state index in [9.17, 15) is 0 Å². The molecule has 1 aliphatic heterocycles. The van der Waals surface area contributed by atoms with Crippen molar-refractivity contribution in [3.05, 3.63) is 47.5 Å². The Morgan fingerprint density at radius 1 is 1.07 bits per heavy atom. The van der Waals surface area contributed by atoms with Crippen molar-refractivity contribution >= 4 is 17.0 Å². The second kappa shape index (κ2) is 8.88. The van der Waals surface area contributed by atoms with Gasteiger partial charge in [-0.05, 0) is 30.0 Å². The highest BCUT2D eigenvalue weighted by molar-refractivity contribution is 7.13. The fraction of sp³-hybridized carbons (Fsp3) is 0.409. The Labute approximate surface area is 176 Å². The molecule has 0 aliphatic carbocycles. The van der Waals surface area contributed by atoms with Crippen molar-refractivity contribution in [3.63, 3.8) is 0 Å². The third kappa shape index (κ3) is 4.26. The van der Waals surface area contributed by atoms with Crippen molar-refractivity contribution in [2.24, 2.45) is 7.05 Å². The zero-order valence-electron chi connectivity index (χ0n) is 17.3. The SMILES string of the molecule is COc1ccc(N2CCN(CCc3cnn(C)c3-c3cccs3)CC2)c(OC)c1. The number of aromatic nitrogens is 2. The largest absolute Gasteiger partial charge is 0.497 e. The number of hydrogen-bond donors (Lipinski definition) is 0. The van der Waals surface area contributed by atoms with Gasteiger partial charge in [-0.25, -0.2) is 0 Å². The lowest BCUT2D eigenvalue weighted by Crippen LogP contribution is -2.47. The summed E-state index contributed by atoms with van der Waals surface area (Å²) in [5.74, 6) is 1.69. The number of ether oxygens (including phenoxy) is 2. The zero-order valence-corrected chi connectivity index (χ0v) is 18.1. The second-order valence-electron chi connectivity index (χ2n) is 7.24. The maximum Gasteiger partial charge on any atom is 0.145 e. The number of piperazine rings is 1. The summed E-state index contributed by atoms with van der Waals surface area (Å²) in [7, 11) is 5.42. The van der Waals surface area contributed by atoms with E-state index in [1.165, 1.54) is 16.1 Å². The minimum atomic E-state index is 0.822. The highest BCUT2D eigenvalue weighted by Gasteiger charge is 2.21. The highest BCUT2D eigenvalue weighted by Crippen LogP contribution is 2.33. The average molecular weight is 413 g/mol. The number of rotatable bonds is 7. The van der Waals surface area contributed by atoms with E-state index in [1.54, 1.807) is 25.6 Å². The normalized spacial score (nSPS) is 14.9. The summed E-state index contributed by atoms with van der Waals surface area (Å²) >= 11 is 1.77. The molecule has 0 bridgehead atoms. The third-order valence-corrected chi connectivity index (χ3v) is 6.44. The summed E-state index contributed by atoms with van der Waals surface area (Å²) in [6.07, 6.45) is 3.04. The predicted octanol–water partition coefficient (Wildman–Crippen LogP) is 3.53. The first-order chi connectivity index (χ1) is 14.2. The Bertz CT molecular complexity index is 930. The first-order valence-electron chi connectivity index (χ1n) is 9.93. The molecule has 1 aliphatic rings. The molecule has 0 N–H and O–H groups in total. The number of methoxy groups -OCH3 is 2. The number of thiophene rings is 1. The van der Waals surface area contributed by atoms with Gasteiger partial charge in [-0.1, -0.05) is 6.07 Å². The van der Waals surface area contributed by atoms with Crippen LogP contribution in [-0.4, -0.2) is 61.6 Å². The first-order valence-corrected chi connectivity index (χ1v) is 10.8. The molecule has 0 saturated carbocycles. The van der Waals surface area contributed by atoms with Crippen LogP contribution in [0.4, 0.5) is 5.69 Å². The van der Waals surface area contributed by atoms with E-state index in [2.05, 4.69) is 38.5 Å². The van der Waals surface area contributed by atoms with E-state index in [1.807, 2.05) is 30.1 Å². The van der Waals surface area contributed by atoms with Crippen LogP contribution in [0.25, 0.3) is 10.6 Å². The molecule has 1 aromatic carbocycles. The third-order valence-electron chi connectivity index (χ3n) is 5.57. The van der Waals surface area contributed by atoms with Crippen LogP contribution in [0.15, 0.2) is 41.9 Å². The Morgan fingerprint density at radius 3 is 2.59 bits per heavy atom. The van der Waals surface area contributed by atoms with E-state index in [4.69, 9.17) is 9.47 Å². The molecular formula is C22H28N4O2S. The van der Waals surface area contributed by atoms with Crippen LogP contribution in [0.3, 0.4) is 0 Å². The monoisotopic (exact) mass is 412 g/mol. The van der Waals surface area contributed by atoms with Gasteiger partial charge in [0.25, 0.3) is 0 Å². The van der Waals surface area contributed by atoms with Gasteiger partial charge in [-0.2, -0.15) is 5.10 Å². The van der Waals surface area contributed by atoms with Crippen molar-refractivity contribution in [2.75, 3.05) is 51.8 Å². The predicted molar refractivity (Wildman–Crippen MR) is 118 cm³/mol. The summed E-state index contributed by atoms with van der Waals surface area (Å²) in [5, 5.41) is 6.62. The number of benzene rings is 1. The lowest BCUT2D eigenvalue weighted by atomic mass is 10.1. The maximum atomic E-state index is 5.58. The van der Waals surface area contributed by atoms with Crippen LogP contribution < -0.4 is 14.4 Å². The van der Waals surface area contributed by atoms with E-state index < -0.39 is 0 Å². The quantitative estimate of drug-likeness (QED) is 0.594. The van der Waals surface area contributed by atoms with Crippen molar-refractivity contribution < 1.29 is 9.47 Å². The number of aryl methyl sites for hydroxylation is 1. The molecule has 0 amide bonds. The van der Waals surface area contributed by atoms with Crippen LogP contribution >= 0.6 is 11.3 Å². The number of anilines is 1. The van der Waals surface area contributed by atoms with Gasteiger partial charge in [0, 0.05) is 51.4 Å². The van der Waals surface area contributed by atoms with Crippen molar-refractivity contribution in [1.29, 1.82) is 0 Å². The van der Waals surface area contributed by atoms with Crippen LogP contribution in [0.1, 0.15) is 5.56 Å². The molecule has 3 heterocycles. The standard InChI is InChI=1S/C22H28N4O2S/c1-24-22(21-5-4-14-29-21)17(16-23-24)8-9-25-10-12-26(13-11-25)19-7-6-18(27-2)15-20(19)28-3/h4-7,14-16H,8-13H2,1-3H3. The van der Waals surface area contributed by atoms with Gasteiger partial charge in [0.1, 0.15) is 11.5 Å². The molecule has 1 fully saturated rings. The summed E-state index contributed by atoms with van der Waals surface area (Å²) in [6, 6.07) is 10.3. The Kier molecular flexibility index (Phi) is 6.06. The molecule has 0 radical (unpaired) electrons. The van der Waals surface area contributed by atoms with Crippen LogP contribution in [0.2, 0.25) is 0 Å². The van der Waals surface area contributed by atoms with E-state index in [0.29, 0.717) is 0 Å². The summed E-state index contributed by atoms with van der Waals surface area (Å²) < 4.78 is 12.9. The van der Waals surface area contributed by atoms with Gasteiger partial charge in [-0.15, -0.1) is 11.3 Å².